The number of benzene rings is 1. The third-order valence-corrected chi connectivity index (χ3v) is 4.22. The Morgan fingerprint density at radius 1 is 1.38 bits per heavy atom. The molecule has 3 N–H and O–H groups in total. The molecule has 0 fully saturated rings. The first-order valence-corrected chi connectivity index (χ1v) is 8.03. The minimum atomic E-state index is -0.282. The molecular formula is C18H21N3O3. The van der Waals surface area contributed by atoms with Crippen molar-refractivity contribution in [3.63, 3.8) is 0 Å². The number of nitrogens with two attached hydrogens (primary N) is 1. The lowest BCUT2D eigenvalue weighted by atomic mass is 10.1. The summed E-state index contributed by atoms with van der Waals surface area (Å²) in [6.07, 6.45) is 1.87. The number of carbonyl (C=O) groups excluding carboxylic acids is 2. The van der Waals surface area contributed by atoms with E-state index in [0.29, 0.717) is 31.6 Å². The molecule has 1 aromatic carbocycles. The molecule has 6 nitrogen and oxygen atoms in total. The van der Waals surface area contributed by atoms with Crippen LogP contribution >= 0.6 is 0 Å². The van der Waals surface area contributed by atoms with E-state index in [9.17, 15) is 9.59 Å². The third-order valence-electron chi connectivity index (χ3n) is 4.22. The van der Waals surface area contributed by atoms with Crippen LogP contribution in [0.2, 0.25) is 0 Å². The molecule has 2 amide bonds. The Balaban J connectivity index is 1.74. The van der Waals surface area contributed by atoms with E-state index in [-0.39, 0.29) is 23.5 Å². The van der Waals surface area contributed by atoms with Gasteiger partial charge < -0.3 is 20.4 Å². The third kappa shape index (κ3) is 3.19. The normalized spacial score (nSPS) is 14.6. The zero-order chi connectivity index (χ0) is 17.1. The van der Waals surface area contributed by atoms with Crippen molar-refractivity contribution in [3.05, 3.63) is 53.5 Å². The summed E-state index contributed by atoms with van der Waals surface area (Å²) in [6, 6.07) is 9.43. The number of rotatable bonds is 6. The van der Waals surface area contributed by atoms with Crippen LogP contribution in [-0.4, -0.2) is 24.9 Å². The topological polar surface area (TPSA) is 88.6 Å². The molecule has 1 aromatic heterocycles. The highest BCUT2D eigenvalue weighted by atomic mass is 16.3. The van der Waals surface area contributed by atoms with Gasteiger partial charge in [-0.3, -0.25) is 9.59 Å². The van der Waals surface area contributed by atoms with E-state index in [4.69, 9.17) is 10.2 Å². The molecule has 1 atom stereocenters. The Morgan fingerprint density at radius 3 is 2.96 bits per heavy atom. The zero-order valence-corrected chi connectivity index (χ0v) is 13.6. The second-order valence-corrected chi connectivity index (χ2v) is 6.11. The molecule has 0 saturated carbocycles. The Hall–Kier alpha value is -2.60. The van der Waals surface area contributed by atoms with E-state index < -0.39 is 0 Å². The SMILES string of the molecule is CC(CN)CNC(=O)c1occc1CN1C(=O)Cc2ccccc21. The van der Waals surface area contributed by atoms with Gasteiger partial charge in [-0.1, -0.05) is 25.1 Å². The molecule has 126 valence electrons. The van der Waals surface area contributed by atoms with Crippen molar-refractivity contribution in [2.75, 3.05) is 18.0 Å². The van der Waals surface area contributed by atoms with Gasteiger partial charge in [-0.2, -0.15) is 0 Å². The highest BCUT2D eigenvalue weighted by Crippen LogP contribution is 2.30. The molecule has 0 aliphatic carbocycles. The number of hydrogen-bond donors (Lipinski definition) is 2. The van der Waals surface area contributed by atoms with Crippen LogP contribution in [0.1, 0.15) is 28.6 Å². The zero-order valence-electron chi connectivity index (χ0n) is 13.6. The fraction of sp³-hybridized carbons (Fsp3) is 0.333. The van der Waals surface area contributed by atoms with E-state index in [1.807, 2.05) is 31.2 Å². The molecule has 3 rings (SSSR count). The van der Waals surface area contributed by atoms with E-state index in [1.165, 1.54) is 6.26 Å². The van der Waals surface area contributed by atoms with Crippen molar-refractivity contribution in [1.29, 1.82) is 0 Å². The fourth-order valence-electron chi connectivity index (χ4n) is 2.75. The minimum Gasteiger partial charge on any atom is -0.459 e. The number of nitrogens with one attached hydrogen (secondary N) is 1. The number of para-hydroxylation sites is 1. The summed E-state index contributed by atoms with van der Waals surface area (Å²) in [5.74, 6) is 0.187. The standard InChI is InChI=1S/C18H21N3O3/c1-12(9-19)10-20-18(23)17-14(6-7-24-17)11-21-15-5-3-2-4-13(15)8-16(21)22/h2-7,12H,8-11,19H2,1H3,(H,20,23). The van der Waals surface area contributed by atoms with Gasteiger partial charge in [-0.25, -0.2) is 0 Å². The first kappa shape index (κ1) is 16.3. The lowest BCUT2D eigenvalue weighted by molar-refractivity contribution is -0.117. The molecule has 2 heterocycles. The first-order chi connectivity index (χ1) is 11.6. The summed E-state index contributed by atoms with van der Waals surface area (Å²) in [5.41, 5.74) is 8.15. The molecule has 1 unspecified atom stereocenters. The summed E-state index contributed by atoms with van der Waals surface area (Å²) in [7, 11) is 0. The van der Waals surface area contributed by atoms with Gasteiger partial charge in [0, 0.05) is 17.8 Å². The summed E-state index contributed by atoms with van der Waals surface area (Å²) >= 11 is 0. The Bertz CT molecular complexity index is 753. The maximum absolute atomic E-state index is 12.3. The number of amides is 2. The van der Waals surface area contributed by atoms with Crippen LogP contribution in [0.5, 0.6) is 0 Å². The van der Waals surface area contributed by atoms with Crippen molar-refractivity contribution >= 4 is 17.5 Å². The molecule has 0 spiro atoms. The largest absolute Gasteiger partial charge is 0.459 e. The van der Waals surface area contributed by atoms with E-state index in [2.05, 4.69) is 5.32 Å². The van der Waals surface area contributed by atoms with Crippen LogP contribution in [0, 0.1) is 5.92 Å². The number of furan rings is 1. The average molecular weight is 327 g/mol. The monoisotopic (exact) mass is 327 g/mol. The van der Waals surface area contributed by atoms with Crippen LogP contribution in [0.3, 0.4) is 0 Å². The molecule has 24 heavy (non-hydrogen) atoms. The van der Waals surface area contributed by atoms with Gasteiger partial charge in [0.1, 0.15) is 0 Å². The quantitative estimate of drug-likeness (QED) is 0.845. The van der Waals surface area contributed by atoms with Crippen LogP contribution < -0.4 is 16.0 Å². The van der Waals surface area contributed by atoms with E-state index >= 15 is 0 Å². The minimum absolute atomic E-state index is 0.0283. The molecule has 1 aliphatic heterocycles. The van der Waals surface area contributed by atoms with E-state index in [1.54, 1.807) is 11.0 Å². The van der Waals surface area contributed by atoms with Gasteiger partial charge in [0.25, 0.3) is 5.91 Å². The Labute approximate surface area is 140 Å². The number of anilines is 1. The summed E-state index contributed by atoms with van der Waals surface area (Å²) in [5, 5.41) is 2.82. The van der Waals surface area contributed by atoms with Gasteiger partial charge >= 0.3 is 0 Å². The van der Waals surface area contributed by atoms with Crippen molar-refractivity contribution in [2.45, 2.75) is 19.9 Å². The highest BCUT2D eigenvalue weighted by Gasteiger charge is 2.28. The molecule has 6 heteroatoms. The average Bonchev–Trinajstić information content (AvgIpc) is 3.17. The summed E-state index contributed by atoms with van der Waals surface area (Å²) in [4.78, 5) is 26.3. The van der Waals surface area contributed by atoms with Crippen LogP contribution in [0.25, 0.3) is 0 Å². The van der Waals surface area contributed by atoms with Gasteiger partial charge in [0.05, 0.1) is 19.2 Å². The molecule has 0 radical (unpaired) electrons. The van der Waals surface area contributed by atoms with Crippen LogP contribution in [-0.2, 0) is 17.8 Å². The maximum atomic E-state index is 12.3. The lowest BCUT2D eigenvalue weighted by Crippen LogP contribution is -2.32. The Kier molecular flexibility index (Phi) is 4.66. The number of fused-ring (bicyclic) bond motifs is 1. The van der Waals surface area contributed by atoms with Crippen molar-refractivity contribution in [2.24, 2.45) is 11.7 Å². The van der Waals surface area contributed by atoms with Gasteiger partial charge in [0.15, 0.2) is 5.76 Å². The Morgan fingerprint density at radius 2 is 2.17 bits per heavy atom. The predicted octanol–water partition coefficient (Wildman–Crippen LogP) is 1.69. The van der Waals surface area contributed by atoms with Crippen LogP contribution in [0.4, 0.5) is 5.69 Å². The molecule has 0 saturated heterocycles. The summed E-state index contributed by atoms with van der Waals surface area (Å²) < 4.78 is 5.34. The maximum Gasteiger partial charge on any atom is 0.287 e. The fourth-order valence-corrected chi connectivity index (χ4v) is 2.75. The molecule has 2 aromatic rings. The smallest absolute Gasteiger partial charge is 0.287 e. The lowest BCUT2D eigenvalue weighted by Gasteiger charge is -2.17. The summed E-state index contributed by atoms with van der Waals surface area (Å²) in [6.45, 7) is 3.27. The number of carbonyl (C=O) groups is 2. The van der Waals surface area contributed by atoms with Gasteiger partial charge in [-0.15, -0.1) is 0 Å². The van der Waals surface area contributed by atoms with Gasteiger partial charge in [-0.05, 0) is 30.2 Å². The second kappa shape index (κ2) is 6.88. The molecule has 0 bridgehead atoms. The molecular weight excluding hydrogens is 306 g/mol. The van der Waals surface area contributed by atoms with Gasteiger partial charge in [0.2, 0.25) is 5.91 Å². The highest BCUT2D eigenvalue weighted by molar-refractivity contribution is 6.01. The van der Waals surface area contributed by atoms with Crippen LogP contribution in [0.15, 0.2) is 41.0 Å². The second-order valence-electron chi connectivity index (χ2n) is 6.11. The number of hydrogen-bond acceptors (Lipinski definition) is 4. The molecule has 1 aliphatic rings. The number of nitrogens with zero attached hydrogens (tertiary/aromatic N) is 1. The van der Waals surface area contributed by atoms with E-state index in [0.717, 1.165) is 11.3 Å². The van der Waals surface area contributed by atoms with Crippen molar-refractivity contribution in [1.82, 2.24) is 5.32 Å². The first-order valence-electron chi connectivity index (χ1n) is 8.03. The predicted molar refractivity (Wildman–Crippen MR) is 90.6 cm³/mol. The van der Waals surface area contributed by atoms with Crippen molar-refractivity contribution in [3.8, 4) is 0 Å². The van der Waals surface area contributed by atoms with Crippen molar-refractivity contribution < 1.29 is 14.0 Å².